The number of nitrogens with one attached hydrogen (secondary N) is 1. The minimum atomic E-state index is -0.495. The summed E-state index contributed by atoms with van der Waals surface area (Å²) >= 11 is 0. The minimum Gasteiger partial charge on any atom is -0.444 e. The van der Waals surface area contributed by atoms with Gasteiger partial charge in [0.15, 0.2) is 11.5 Å². The van der Waals surface area contributed by atoms with E-state index in [2.05, 4.69) is 69.2 Å². The number of benzene rings is 2. The van der Waals surface area contributed by atoms with Crippen LogP contribution in [-0.4, -0.2) is 55.2 Å². The number of nitrogens with zero attached hydrogens (tertiary/aromatic N) is 5. The Kier molecular flexibility index (Phi) is 8.05. The summed E-state index contributed by atoms with van der Waals surface area (Å²) < 4.78 is 7.49. The van der Waals surface area contributed by atoms with Crippen molar-refractivity contribution in [3.63, 3.8) is 0 Å². The van der Waals surface area contributed by atoms with Gasteiger partial charge in [-0.2, -0.15) is 0 Å². The van der Waals surface area contributed by atoms with Gasteiger partial charge in [0.1, 0.15) is 16.9 Å². The van der Waals surface area contributed by atoms with Gasteiger partial charge in [-0.15, -0.1) is 0 Å². The number of amides is 1. The van der Waals surface area contributed by atoms with Gasteiger partial charge in [-0.1, -0.05) is 35.9 Å². The van der Waals surface area contributed by atoms with Gasteiger partial charge in [-0.3, -0.25) is 9.47 Å². The zero-order valence-electron chi connectivity index (χ0n) is 25.7. The number of nitrogens with two attached hydrogens (primary N) is 1. The molecule has 1 saturated heterocycles. The molecule has 6 rings (SSSR count). The maximum Gasteiger partial charge on any atom is 0.407 e. The molecule has 0 unspecified atom stereocenters. The average Bonchev–Trinajstić information content (AvgIpc) is 3.36. The van der Waals surface area contributed by atoms with Crippen molar-refractivity contribution < 1.29 is 9.53 Å². The van der Waals surface area contributed by atoms with E-state index in [0.29, 0.717) is 11.6 Å². The summed E-state index contributed by atoms with van der Waals surface area (Å²) in [6.07, 6.45) is 3.13. The van der Waals surface area contributed by atoms with Crippen molar-refractivity contribution in [2.45, 2.75) is 58.7 Å². The minimum absolute atomic E-state index is 0.133. The van der Waals surface area contributed by atoms with Crippen LogP contribution in [-0.2, 0) is 11.3 Å². The summed E-state index contributed by atoms with van der Waals surface area (Å²) in [4.78, 5) is 29.0. The van der Waals surface area contributed by atoms with Crippen molar-refractivity contribution in [2.24, 2.45) is 0 Å². The molecular formula is C35H39N7O2. The molecule has 2 aromatic carbocycles. The van der Waals surface area contributed by atoms with Crippen LogP contribution in [0.25, 0.3) is 39.5 Å². The number of carbonyl (C=O) groups is 1. The van der Waals surface area contributed by atoms with E-state index in [1.54, 1.807) is 6.20 Å². The number of nitrogen functional groups attached to an aromatic ring is 1. The lowest BCUT2D eigenvalue weighted by Gasteiger charge is -2.32. The van der Waals surface area contributed by atoms with Gasteiger partial charge in [-0.25, -0.2) is 19.7 Å². The first kappa shape index (κ1) is 29.3. The second kappa shape index (κ2) is 12.1. The van der Waals surface area contributed by atoms with E-state index in [4.69, 9.17) is 20.4 Å². The van der Waals surface area contributed by atoms with Crippen molar-refractivity contribution in [1.82, 2.24) is 29.7 Å². The molecule has 4 heterocycles. The van der Waals surface area contributed by atoms with Crippen LogP contribution >= 0.6 is 0 Å². The number of aromatic nitrogens is 4. The maximum atomic E-state index is 12.2. The SMILES string of the molecule is Cc1cccc(-c2ccc3nc(-c4cccnc4N)n(-c4ccc(CN5CCC(NC(=O)OC(C)(C)C)CC5)cc4)c3n2)c1. The first-order chi connectivity index (χ1) is 21.1. The van der Waals surface area contributed by atoms with Crippen LogP contribution in [0.3, 0.4) is 0 Å². The Morgan fingerprint density at radius 3 is 2.48 bits per heavy atom. The Bertz CT molecular complexity index is 1780. The average molecular weight is 590 g/mol. The fraction of sp³-hybridized carbons (Fsp3) is 0.314. The van der Waals surface area contributed by atoms with Crippen LogP contribution in [0, 0.1) is 6.92 Å². The molecule has 0 atom stereocenters. The van der Waals surface area contributed by atoms with Gasteiger partial charge in [0.25, 0.3) is 0 Å². The van der Waals surface area contributed by atoms with Gasteiger partial charge in [0.2, 0.25) is 0 Å². The lowest BCUT2D eigenvalue weighted by Crippen LogP contribution is -2.45. The van der Waals surface area contributed by atoms with E-state index in [-0.39, 0.29) is 12.1 Å². The summed E-state index contributed by atoms with van der Waals surface area (Å²) in [6, 6.07) is 24.9. The predicted octanol–water partition coefficient (Wildman–Crippen LogP) is 6.53. The van der Waals surface area contributed by atoms with Gasteiger partial charge >= 0.3 is 6.09 Å². The summed E-state index contributed by atoms with van der Waals surface area (Å²) in [5, 5.41) is 3.02. The van der Waals surface area contributed by atoms with Crippen LogP contribution < -0.4 is 11.1 Å². The highest BCUT2D eigenvalue weighted by Gasteiger charge is 2.24. The molecular weight excluding hydrogens is 550 g/mol. The number of fused-ring (bicyclic) bond motifs is 1. The zero-order chi connectivity index (χ0) is 30.8. The number of anilines is 1. The van der Waals surface area contributed by atoms with Crippen molar-refractivity contribution in [2.75, 3.05) is 18.8 Å². The van der Waals surface area contributed by atoms with Crippen molar-refractivity contribution in [3.8, 4) is 28.3 Å². The fourth-order valence-corrected chi connectivity index (χ4v) is 5.67. The number of piperidine rings is 1. The monoisotopic (exact) mass is 589 g/mol. The van der Waals surface area contributed by atoms with Crippen LogP contribution in [0.15, 0.2) is 79.0 Å². The molecule has 0 spiro atoms. The standard InChI is InChI=1S/C35H39N7O2/c1-23-7-5-8-25(21-23)29-14-15-30-33(39-29)42(32(40-30)28-9-6-18-37-31(28)36)27-12-10-24(11-13-27)22-41-19-16-26(17-20-41)38-34(43)44-35(2,3)4/h5-15,18,21,26H,16-17,19-20,22H2,1-4H3,(H2,36,37)(H,38,43). The Hall–Kier alpha value is -4.76. The largest absolute Gasteiger partial charge is 0.444 e. The Morgan fingerprint density at radius 1 is 1.00 bits per heavy atom. The quantitative estimate of drug-likeness (QED) is 0.232. The van der Waals surface area contributed by atoms with E-state index in [9.17, 15) is 4.79 Å². The van der Waals surface area contributed by atoms with E-state index >= 15 is 0 Å². The van der Waals surface area contributed by atoms with Gasteiger partial charge in [-0.05, 0) is 88.6 Å². The number of imidazole rings is 1. The number of hydrogen-bond acceptors (Lipinski definition) is 7. The number of rotatable bonds is 6. The number of alkyl carbamates (subject to hydrolysis) is 1. The number of likely N-dealkylation sites (tertiary alicyclic amines) is 1. The summed E-state index contributed by atoms with van der Waals surface area (Å²) in [6.45, 7) is 10.4. The molecule has 3 aromatic heterocycles. The predicted molar refractivity (Wildman–Crippen MR) is 174 cm³/mol. The van der Waals surface area contributed by atoms with Crippen LogP contribution in [0.1, 0.15) is 44.7 Å². The lowest BCUT2D eigenvalue weighted by molar-refractivity contribution is 0.0477. The van der Waals surface area contributed by atoms with Crippen LogP contribution in [0.2, 0.25) is 0 Å². The highest BCUT2D eigenvalue weighted by molar-refractivity contribution is 5.84. The molecule has 9 heteroatoms. The molecule has 9 nitrogen and oxygen atoms in total. The van der Waals surface area contributed by atoms with Gasteiger partial charge in [0.05, 0.1) is 11.3 Å². The molecule has 1 fully saturated rings. The van der Waals surface area contributed by atoms with Crippen LogP contribution in [0.4, 0.5) is 10.6 Å². The van der Waals surface area contributed by atoms with E-state index < -0.39 is 5.60 Å². The second-order valence-electron chi connectivity index (χ2n) is 12.5. The highest BCUT2D eigenvalue weighted by Crippen LogP contribution is 2.32. The molecule has 0 aliphatic carbocycles. The first-order valence-corrected chi connectivity index (χ1v) is 15.1. The Morgan fingerprint density at radius 2 is 1.77 bits per heavy atom. The third-order valence-corrected chi connectivity index (χ3v) is 7.81. The lowest BCUT2D eigenvalue weighted by atomic mass is 10.0. The topological polar surface area (TPSA) is 111 Å². The van der Waals surface area contributed by atoms with Crippen molar-refractivity contribution >= 4 is 23.1 Å². The molecule has 1 amide bonds. The fourth-order valence-electron chi connectivity index (χ4n) is 5.67. The molecule has 44 heavy (non-hydrogen) atoms. The van der Waals surface area contributed by atoms with Gasteiger partial charge < -0.3 is 15.8 Å². The highest BCUT2D eigenvalue weighted by atomic mass is 16.6. The number of ether oxygens (including phenoxy) is 1. The third kappa shape index (κ3) is 6.58. The normalized spacial score (nSPS) is 14.5. The maximum absolute atomic E-state index is 12.2. The third-order valence-electron chi connectivity index (χ3n) is 7.81. The van der Waals surface area contributed by atoms with Gasteiger partial charge in [0, 0.05) is 43.1 Å². The first-order valence-electron chi connectivity index (χ1n) is 15.1. The summed E-state index contributed by atoms with van der Waals surface area (Å²) in [5.41, 5.74) is 13.4. The smallest absolute Gasteiger partial charge is 0.407 e. The number of carbonyl (C=O) groups excluding carboxylic acids is 1. The number of pyridine rings is 2. The van der Waals surface area contributed by atoms with E-state index in [1.165, 1.54) is 11.1 Å². The number of hydrogen-bond donors (Lipinski definition) is 2. The van der Waals surface area contributed by atoms with E-state index in [0.717, 1.165) is 66.1 Å². The molecule has 0 bridgehead atoms. The Labute approximate surface area is 258 Å². The molecule has 1 aliphatic rings. The molecule has 226 valence electrons. The summed E-state index contributed by atoms with van der Waals surface area (Å²) in [7, 11) is 0. The van der Waals surface area contributed by atoms with Crippen molar-refractivity contribution in [1.29, 1.82) is 0 Å². The van der Waals surface area contributed by atoms with Crippen LogP contribution in [0.5, 0.6) is 0 Å². The molecule has 3 N–H and O–H groups in total. The number of aryl methyl sites for hydroxylation is 1. The zero-order valence-corrected chi connectivity index (χ0v) is 25.7. The van der Waals surface area contributed by atoms with Crippen molar-refractivity contribution in [3.05, 3.63) is 90.1 Å². The molecule has 0 radical (unpaired) electrons. The Balaban J connectivity index is 1.25. The summed E-state index contributed by atoms with van der Waals surface area (Å²) in [5.74, 6) is 1.12. The molecule has 1 aliphatic heterocycles. The molecule has 5 aromatic rings. The van der Waals surface area contributed by atoms with E-state index in [1.807, 2.05) is 51.1 Å². The second-order valence-corrected chi connectivity index (χ2v) is 12.5. The molecule has 0 saturated carbocycles.